The molecule has 2 nitrogen and oxygen atoms in total. The molecule has 0 saturated heterocycles. The van der Waals surface area contributed by atoms with E-state index in [1.54, 1.807) is 0 Å². The molecule has 0 aliphatic carbocycles. The first-order chi connectivity index (χ1) is 7.13. The maximum atomic E-state index is 4.41. The van der Waals surface area contributed by atoms with Gasteiger partial charge in [0.05, 0.1) is 0 Å². The van der Waals surface area contributed by atoms with Crippen molar-refractivity contribution >= 4 is 12.1 Å². The van der Waals surface area contributed by atoms with Crippen molar-refractivity contribution in [1.29, 1.82) is 0 Å². The molecule has 0 aliphatic heterocycles. The molecule has 0 bridgehead atoms. The van der Waals surface area contributed by atoms with E-state index in [9.17, 15) is 0 Å². The molecule has 0 N–H and O–H groups in total. The predicted molar refractivity (Wildman–Crippen MR) is 75.1 cm³/mol. The molecule has 0 spiro atoms. The van der Waals surface area contributed by atoms with E-state index in [-0.39, 0.29) is 38.5 Å². The summed E-state index contributed by atoms with van der Waals surface area (Å²) in [6.07, 6.45) is 8.89. The quantitative estimate of drug-likeness (QED) is 0.338. The van der Waals surface area contributed by atoms with Gasteiger partial charge in [-0.05, 0) is 20.3 Å². The van der Waals surface area contributed by atoms with Gasteiger partial charge in [0.15, 0.2) is 0 Å². The smallest absolute Gasteiger partial charge is 0.372 e. The Bertz CT molecular complexity index is 299. The van der Waals surface area contributed by atoms with Gasteiger partial charge in [-0.1, -0.05) is 39.5 Å². The first kappa shape index (κ1) is 22.1. The zero-order valence-electron chi connectivity index (χ0n) is 12.0. The maximum absolute atomic E-state index is 4.41. The van der Waals surface area contributed by atoms with E-state index in [4.69, 9.17) is 0 Å². The average molecular weight is 458 g/mol. The van der Waals surface area contributed by atoms with Crippen LogP contribution in [-0.2, 0) is 0 Å². The summed E-state index contributed by atoms with van der Waals surface area (Å²) in [5.41, 5.74) is 2.04. The van der Waals surface area contributed by atoms with Crippen molar-refractivity contribution in [1.82, 2.24) is 0 Å². The predicted octanol–water partition coefficient (Wildman–Crippen LogP) is 4.47. The number of hydrogen-bond acceptors (Lipinski definition) is 1. The molecule has 0 heterocycles. The SMILES string of the molecule is C/C=C(/C)[C-]=NC(CCC)=N/C(C)=C\C.[CH3-].[U+2]. The first-order valence-electron chi connectivity index (χ1n) is 5.44. The molecule has 0 saturated carbocycles. The summed E-state index contributed by atoms with van der Waals surface area (Å²) < 4.78 is 0. The summed E-state index contributed by atoms with van der Waals surface area (Å²) >= 11 is 0. The number of hydrogen-bond donors (Lipinski definition) is 0. The van der Waals surface area contributed by atoms with Gasteiger partial charge in [0, 0.05) is 11.5 Å². The van der Waals surface area contributed by atoms with Gasteiger partial charge in [-0.15, -0.1) is 5.57 Å². The minimum Gasteiger partial charge on any atom is -0.372 e. The van der Waals surface area contributed by atoms with Gasteiger partial charge in [-0.3, -0.25) is 0 Å². The van der Waals surface area contributed by atoms with Crippen molar-refractivity contribution in [2.24, 2.45) is 9.98 Å². The Labute approximate surface area is 131 Å². The normalized spacial score (nSPS) is 13.4. The molecule has 0 amide bonds. The summed E-state index contributed by atoms with van der Waals surface area (Å²) in [5, 5.41) is 0. The Hall–Kier alpha value is -0.128. The summed E-state index contributed by atoms with van der Waals surface area (Å²) in [6, 6.07) is 0. The van der Waals surface area contributed by atoms with Crippen LogP contribution in [0.4, 0.5) is 0 Å². The van der Waals surface area contributed by atoms with E-state index in [0.717, 1.165) is 29.9 Å². The second-order valence-corrected chi connectivity index (χ2v) is 3.40. The van der Waals surface area contributed by atoms with Gasteiger partial charge >= 0.3 is 31.1 Å². The molecule has 0 aromatic carbocycles. The van der Waals surface area contributed by atoms with Crippen LogP contribution < -0.4 is 0 Å². The van der Waals surface area contributed by atoms with Crippen LogP contribution in [-0.4, -0.2) is 12.1 Å². The van der Waals surface area contributed by atoms with Crippen molar-refractivity contribution in [2.45, 2.75) is 47.5 Å². The number of rotatable bonds is 4. The van der Waals surface area contributed by atoms with Crippen LogP contribution >= 0.6 is 0 Å². The minimum absolute atomic E-state index is 0. The van der Waals surface area contributed by atoms with Gasteiger partial charge in [0.25, 0.3) is 0 Å². The fourth-order valence-corrected chi connectivity index (χ4v) is 0.846. The summed E-state index contributed by atoms with van der Waals surface area (Å²) in [5.74, 6) is 0.856. The van der Waals surface area contributed by atoms with Crippen LogP contribution in [0.25, 0.3) is 0 Å². The van der Waals surface area contributed by atoms with Crippen LogP contribution in [0.15, 0.2) is 33.4 Å². The van der Waals surface area contributed by atoms with Gasteiger partial charge < -0.3 is 17.4 Å². The third-order valence-corrected chi connectivity index (χ3v) is 1.99. The molecule has 0 aromatic heterocycles. The van der Waals surface area contributed by atoms with Crippen molar-refractivity contribution in [3.8, 4) is 0 Å². The number of amidine groups is 1. The van der Waals surface area contributed by atoms with E-state index in [1.165, 1.54) is 0 Å². The fourth-order valence-electron chi connectivity index (χ4n) is 0.846. The summed E-state index contributed by atoms with van der Waals surface area (Å²) in [6.45, 7) is 10.0. The van der Waals surface area contributed by atoms with Crippen molar-refractivity contribution in [3.05, 3.63) is 30.8 Å². The van der Waals surface area contributed by atoms with E-state index in [2.05, 4.69) is 23.1 Å². The Kier molecular flexibility index (Phi) is 18.1. The second-order valence-electron chi connectivity index (χ2n) is 3.40. The molecule has 0 fully saturated rings. The Morgan fingerprint density at radius 3 is 2.18 bits per heavy atom. The topological polar surface area (TPSA) is 24.7 Å². The van der Waals surface area contributed by atoms with E-state index in [0.29, 0.717) is 0 Å². The molecule has 0 unspecified atom stereocenters. The van der Waals surface area contributed by atoms with Gasteiger partial charge in [0.1, 0.15) is 0 Å². The van der Waals surface area contributed by atoms with Gasteiger partial charge in [-0.25, -0.2) is 0 Å². The van der Waals surface area contributed by atoms with Crippen LogP contribution in [0, 0.1) is 38.5 Å². The standard InChI is InChI=1S/C13H21N2.CH3.U/c1-6-9-13(15-12(5)8-3)14-10-11(4)7-2;;/h7-8H,6,9H2,1-5H3;1H3;/q2*-1;+2/b11-7-,12-8-,15-13?;;. The summed E-state index contributed by atoms with van der Waals surface area (Å²) in [4.78, 5) is 8.68. The van der Waals surface area contributed by atoms with E-state index in [1.807, 2.05) is 39.8 Å². The van der Waals surface area contributed by atoms with E-state index < -0.39 is 0 Å². The number of allylic oxidation sites excluding steroid dienone is 4. The third kappa shape index (κ3) is 12.1. The maximum Gasteiger partial charge on any atom is 2.00 e. The molecule has 0 aliphatic rings. The number of nitrogens with zero attached hydrogens (tertiary/aromatic N) is 2. The Morgan fingerprint density at radius 1 is 1.18 bits per heavy atom. The van der Waals surface area contributed by atoms with Gasteiger partial charge in [0.2, 0.25) is 0 Å². The van der Waals surface area contributed by atoms with Crippen LogP contribution in [0.1, 0.15) is 47.5 Å². The van der Waals surface area contributed by atoms with Crippen molar-refractivity contribution < 1.29 is 31.1 Å². The van der Waals surface area contributed by atoms with Crippen LogP contribution in [0.3, 0.4) is 0 Å². The number of aliphatic imine (C=N–C) groups is 2. The Morgan fingerprint density at radius 2 is 1.76 bits per heavy atom. The molecule has 3 heteroatoms. The molecular formula is C14H24N2U. The molecule has 0 rings (SSSR count). The monoisotopic (exact) mass is 458 g/mol. The van der Waals surface area contributed by atoms with Gasteiger partial charge in [-0.2, -0.15) is 6.08 Å². The minimum atomic E-state index is 0. The van der Waals surface area contributed by atoms with Crippen molar-refractivity contribution in [3.63, 3.8) is 0 Å². The molecule has 94 valence electrons. The fraction of sp³-hybridized carbons (Fsp3) is 0.500. The zero-order valence-corrected chi connectivity index (χ0v) is 16.1. The molecule has 17 heavy (non-hydrogen) atoms. The second kappa shape index (κ2) is 13.9. The average Bonchev–Trinajstić information content (AvgIpc) is 2.25. The summed E-state index contributed by atoms with van der Waals surface area (Å²) in [7, 11) is 0. The molecule has 0 aromatic rings. The third-order valence-electron chi connectivity index (χ3n) is 1.99. The first-order valence-corrected chi connectivity index (χ1v) is 5.44. The molecular weight excluding hydrogens is 434 g/mol. The van der Waals surface area contributed by atoms with Crippen molar-refractivity contribution in [2.75, 3.05) is 0 Å². The van der Waals surface area contributed by atoms with E-state index >= 15 is 0 Å². The molecule has 0 radical (unpaired) electrons. The van der Waals surface area contributed by atoms with Crippen LogP contribution in [0.5, 0.6) is 0 Å². The Balaban J connectivity index is -0.000000980. The molecule has 0 atom stereocenters. The van der Waals surface area contributed by atoms with Crippen LogP contribution in [0.2, 0.25) is 0 Å². The zero-order chi connectivity index (χ0) is 11.7. The largest absolute Gasteiger partial charge is 2.00 e.